The van der Waals surface area contributed by atoms with Crippen molar-refractivity contribution < 1.29 is 4.79 Å². The summed E-state index contributed by atoms with van der Waals surface area (Å²) in [4.78, 5) is 21.6. The molecule has 1 unspecified atom stereocenters. The van der Waals surface area contributed by atoms with Crippen molar-refractivity contribution in [2.75, 3.05) is 37.9 Å². The molecule has 94 valence electrons. The molecule has 0 aromatic carbocycles. The second-order valence-electron chi connectivity index (χ2n) is 3.91. The number of nitrogens with one attached hydrogen (secondary N) is 2. The summed E-state index contributed by atoms with van der Waals surface area (Å²) >= 11 is 0. The van der Waals surface area contributed by atoms with Gasteiger partial charge >= 0.3 is 0 Å². The topological polar surface area (TPSA) is 70.2 Å². The van der Waals surface area contributed by atoms with E-state index in [1.807, 2.05) is 24.9 Å². The molecule has 0 bridgehead atoms. The third-order valence-electron chi connectivity index (χ3n) is 2.54. The molecule has 0 saturated heterocycles. The highest BCUT2D eigenvalue weighted by Gasteiger charge is 2.14. The summed E-state index contributed by atoms with van der Waals surface area (Å²) in [7, 11) is 5.35. The lowest BCUT2D eigenvalue weighted by molar-refractivity contribution is -0.123. The molecule has 2 N–H and O–H groups in total. The Balaban J connectivity index is 2.68. The van der Waals surface area contributed by atoms with Gasteiger partial charge in [-0.15, -0.1) is 0 Å². The lowest BCUT2D eigenvalue weighted by atomic mass is 10.1. The molecule has 1 atom stereocenters. The minimum Gasteiger partial charge on any atom is -0.373 e. The van der Waals surface area contributed by atoms with Gasteiger partial charge in [-0.1, -0.05) is 6.92 Å². The van der Waals surface area contributed by atoms with E-state index >= 15 is 0 Å². The molecule has 17 heavy (non-hydrogen) atoms. The number of nitrogens with zero attached hydrogens (tertiary/aromatic N) is 3. The van der Waals surface area contributed by atoms with E-state index in [1.54, 1.807) is 14.1 Å². The highest BCUT2D eigenvalue weighted by molar-refractivity contribution is 5.78. The first-order valence-corrected chi connectivity index (χ1v) is 5.51. The van der Waals surface area contributed by atoms with Crippen LogP contribution in [0.15, 0.2) is 12.4 Å². The van der Waals surface area contributed by atoms with Crippen LogP contribution in [-0.2, 0) is 4.79 Å². The standard InChI is InChI=1S/C11H19N5O/c1-8(11(17)13-3)6-16(4)10-5-9(12-2)14-7-15-10/h5,7-8H,6H2,1-4H3,(H,13,17)(H,12,14,15). The van der Waals surface area contributed by atoms with Crippen LogP contribution in [0.5, 0.6) is 0 Å². The first-order valence-electron chi connectivity index (χ1n) is 5.51. The van der Waals surface area contributed by atoms with Crippen molar-refractivity contribution in [2.24, 2.45) is 5.92 Å². The van der Waals surface area contributed by atoms with Crippen molar-refractivity contribution >= 4 is 17.5 Å². The Hall–Kier alpha value is -1.85. The molecule has 1 amide bonds. The number of amides is 1. The Bertz CT molecular complexity index is 382. The van der Waals surface area contributed by atoms with Crippen molar-refractivity contribution in [1.29, 1.82) is 0 Å². The zero-order valence-corrected chi connectivity index (χ0v) is 10.7. The molecule has 0 fully saturated rings. The van der Waals surface area contributed by atoms with Gasteiger partial charge in [-0.2, -0.15) is 0 Å². The number of hydrogen-bond acceptors (Lipinski definition) is 5. The molecule has 6 nitrogen and oxygen atoms in total. The summed E-state index contributed by atoms with van der Waals surface area (Å²) < 4.78 is 0. The van der Waals surface area contributed by atoms with E-state index in [2.05, 4.69) is 20.6 Å². The van der Waals surface area contributed by atoms with Gasteiger partial charge in [-0.05, 0) is 0 Å². The number of carbonyl (C=O) groups is 1. The zero-order valence-electron chi connectivity index (χ0n) is 10.7. The minimum atomic E-state index is -0.0852. The molecule has 1 aromatic heterocycles. The third-order valence-corrected chi connectivity index (χ3v) is 2.54. The maximum atomic E-state index is 11.4. The van der Waals surface area contributed by atoms with Gasteiger partial charge < -0.3 is 15.5 Å². The summed E-state index contributed by atoms with van der Waals surface area (Å²) in [6.07, 6.45) is 1.50. The molecule has 1 aromatic rings. The normalized spacial score (nSPS) is 11.8. The van der Waals surface area contributed by atoms with Crippen molar-refractivity contribution in [3.63, 3.8) is 0 Å². The van der Waals surface area contributed by atoms with E-state index in [0.29, 0.717) is 6.54 Å². The number of carbonyl (C=O) groups excluding carboxylic acids is 1. The van der Waals surface area contributed by atoms with Crippen molar-refractivity contribution in [1.82, 2.24) is 15.3 Å². The van der Waals surface area contributed by atoms with Crippen LogP contribution in [0.1, 0.15) is 6.92 Å². The maximum absolute atomic E-state index is 11.4. The summed E-state index contributed by atoms with van der Waals surface area (Å²) in [5.41, 5.74) is 0. The van der Waals surface area contributed by atoms with Gasteiger partial charge in [0.2, 0.25) is 5.91 Å². The largest absolute Gasteiger partial charge is 0.373 e. The van der Waals surface area contributed by atoms with E-state index in [9.17, 15) is 4.79 Å². The van der Waals surface area contributed by atoms with Crippen molar-refractivity contribution in [2.45, 2.75) is 6.92 Å². The van der Waals surface area contributed by atoms with Crippen LogP contribution in [0.25, 0.3) is 0 Å². The fraction of sp³-hybridized carbons (Fsp3) is 0.545. The van der Waals surface area contributed by atoms with E-state index < -0.39 is 0 Å². The van der Waals surface area contributed by atoms with Gasteiger partial charge in [0.15, 0.2) is 0 Å². The lowest BCUT2D eigenvalue weighted by Crippen LogP contribution is -2.34. The first-order chi connectivity index (χ1) is 8.08. The highest BCUT2D eigenvalue weighted by atomic mass is 16.1. The van der Waals surface area contributed by atoms with Crippen LogP contribution < -0.4 is 15.5 Å². The summed E-state index contributed by atoms with van der Waals surface area (Å²) in [5.74, 6) is 1.49. The first kappa shape index (κ1) is 13.2. The fourth-order valence-electron chi connectivity index (χ4n) is 1.53. The smallest absolute Gasteiger partial charge is 0.224 e. The Morgan fingerprint density at radius 3 is 2.76 bits per heavy atom. The molecule has 1 heterocycles. The monoisotopic (exact) mass is 237 g/mol. The SMILES string of the molecule is CNC(=O)C(C)CN(C)c1cc(NC)ncn1. The molecule has 0 aliphatic rings. The second-order valence-corrected chi connectivity index (χ2v) is 3.91. The molecule has 1 rings (SSSR count). The maximum Gasteiger partial charge on any atom is 0.224 e. The third kappa shape index (κ3) is 3.58. The quantitative estimate of drug-likeness (QED) is 0.772. The minimum absolute atomic E-state index is 0.0275. The van der Waals surface area contributed by atoms with Gasteiger partial charge in [0, 0.05) is 33.8 Å². The molecule has 0 aliphatic carbocycles. The molecule has 0 aliphatic heterocycles. The number of rotatable bonds is 5. The van der Waals surface area contributed by atoms with Crippen LogP contribution >= 0.6 is 0 Å². The molecule has 6 heteroatoms. The molecule has 0 spiro atoms. The average molecular weight is 237 g/mol. The predicted molar refractivity (Wildman–Crippen MR) is 68.1 cm³/mol. The van der Waals surface area contributed by atoms with Crippen LogP contribution in [0.2, 0.25) is 0 Å². The predicted octanol–water partition coefficient (Wildman–Crippen LogP) is 0.337. The van der Waals surface area contributed by atoms with Crippen molar-refractivity contribution in [3.05, 3.63) is 12.4 Å². The average Bonchev–Trinajstić information content (AvgIpc) is 2.37. The molecule has 0 radical (unpaired) electrons. The van der Waals surface area contributed by atoms with Gasteiger partial charge in [-0.25, -0.2) is 9.97 Å². The fourth-order valence-corrected chi connectivity index (χ4v) is 1.53. The van der Waals surface area contributed by atoms with Crippen molar-refractivity contribution in [3.8, 4) is 0 Å². The zero-order chi connectivity index (χ0) is 12.8. The number of hydrogen-bond donors (Lipinski definition) is 2. The second kappa shape index (κ2) is 6.03. The van der Waals surface area contributed by atoms with Crippen LogP contribution in [0.4, 0.5) is 11.6 Å². The van der Waals surface area contributed by atoms with Crippen LogP contribution in [0, 0.1) is 5.92 Å². The van der Waals surface area contributed by atoms with E-state index in [-0.39, 0.29) is 11.8 Å². The summed E-state index contributed by atoms with van der Waals surface area (Å²) in [6, 6.07) is 1.84. The Morgan fingerprint density at radius 1 is 1.47 bits per heavy atom. The lowest BCUT2D eigenvalue weighted by Gasteiger charge is -2.21. The van der Waals surface area contributed by atoms with E-state index in [0.717, 1.165) is 11.6 Å². The van der Waals surface area contributed by atoms with Gasteiger partial charge in [0.1, 0.15) is 18.0 Å². The number of anilines is 2. The Morgan fingerprint density at radius 2 is 2.18 bits per heavy atom. The Labute approximate surface area is 101 Å². The van der Waals surface area contributed by atoms with E-state index in [4.69, 9.17) is 0 Å². The highest BCUT2D eigenvalue weighted by Crippen LogP contribution is 2.13. The molecular weight excluding hydrogens is 218 g/mol. The van der Waals surface area contributed by atoms with Crippen LogP contribution in [-0.4, -0.2) is 43.6 Å². The van der Waals surface area contributed by atoms with Gasteiger partial charge in [0.25, 0.3) is 0 Å². The number of aromatic nitrogens is 2. The van der Waals surface area contributed by atoms with Gasteiger partial charge in [-0.3, -0.25) is 4.79 Å². The summed E-state index contributed by atoms with van der Waals surface area (Å²) in [6.45, 7) is 2.50. The molecular formula is C11H19N5O. The summed E-state index contributed by atoms with van der Waals surface area (Å²) in [5, 5.41) is 5.59. The van der Waals surface area contributed by atoms with Gasteiger partial charge in [0.05, 0.1) is 5.92 Å². The van der Waals surface area contributed by atoms with Crippen LogP contribution in [0.3, 0.4) is 0 Å². The Kier molecular flexibility index (Phi) is 4.68. The van der Waals surface area contributed by atoms with E-state index in [1.165, 1.54) is 6.33 Å². The molecule has 0 saturated carbocycles.